The predicted molar refractivity (Wildman–Crippen MR) is 91.8 cm³/mol. The van der Waals surface area contributed by atoms with Gasteiger partial charge in [-0.2, -0.15) is 13.2 Å². The Morgan fingerprint density at radius 2 is 1.77 bits per heavy atom. The third kappa shape index (κ3) is 4.09. The molecule has 3 rings (SSSR count). The molecule has 1 saturated heterocycles. The number of halogens is 3. The highest BCUT2D eigenvalue weighted by molar-refractivity contribution is 5.84. The first-order chi connectivity index (χ1) is 12.3. The number of anilines is 1. The van der Waals surface area contributed by atoms with Crippen molar-refractivity contribution in [3.8, 4) is 5.75 Å². The van der Waals surface area contributed by atoms with Crippen molar-refractivity contribution < 1.29 is 22.7 Å². The van der Waals surface area contributed by atoms with Crippen molar-refractivity contribution in [1.29, 1.82) is 0 Å². The number of alkyl halides is 3. The fourth-order valence-corrected chi connectivity index (χ4v) is 3.06. The van der Waals surface area contributed by atoms with Crippen molar-refractivity contribution in [2.24, 2.45) is 5.73 Å². The monoisotopic (exact) mass is 364 g/mol. The summed E-state index contributed by atoms with van der Waals surface area (Å²) in [6, 6.07) is 11.8. The van der Waals surface area contributed by atoms with Crippen LogP contribution in [0.25, 0.3) is 0 Å². The van der Waals surface area contributed by atoms with Crippen LogP contribution < -0.4 is 15.4 Å². The quantitative estimate of drug-likeness (QED) is 0.879. The second-order valence-corrected chi connectivity index (χ2v) is 6.23. The Morgan fingerprint density at radius 1 is 1.12 bits per heavy atom. The van der Waals surface area contributed by atoms with Gasteiger partial charge in [-0.3, -0.25) is 4.79 Å². The van der Waals surface area contributed by atoms with E-state index >= 15 is 0 Å². The molecule has 0 aromatic heterocycles. The smallest absolute Gasteiger partial charge is 0.416 e. The van der Waals surface area contributed by atoms with Crippen LogP contribution in [0.2, 0.25) is 0 Å². The summed E-state index contributed by atoms with van der Waals surface area (Å²) >= 11 is 0. The molecule has 2 aromatic carbocycles. The molecule has 1 atom stereocenters. The van der Waals surface area contributed by atoms with Gasteiger partial charge in [0.25, 0.3) is 0 Å². The summed E-state index contributed by atoms with van der Waals surface area (Å²) in [6.07, 6.45) is -2.67. The van der Waals surface area contributed by atoms with E-state index in [2.05, 4.69) is 0 Å². The number of nitrogens with zero attached hydrogens (tertiary/aromatic N) is 1. The number of ether oxygens (including phenoxy) is 1. The molecule has 0 bridgehead atoms. The van der Waals surface area contributed by atoms with Crippen molar-refractivity contribution >= 4 is 11.6 Å². The van der Waals surface area contributed by atoms with Gasteiger partial charge in [-0.05, 0) is 54.8 Å². The summed E-state index contributed by atoms with van der Waals surface area (Å²) in [5, 5.41) is 0. The van der Waals surface area contributed by atoms with Crippen LogP contribution in [0.3, 0.4) is 0 Å². The molecule has 4 nitrogen and oxygen atoms in total. The van der Waals surface area contributed by atoms with E-state index in [4.69, 9.17) is 10.5 Å². The SMILES string of the molecule is NC(=O)[C@H]1CCCN1c1ccc(OCc2ccc(C(F)(F)F)cc2)cc1. The molecular formula is C19H19F3N2O2. The summed E-state index contributed by atoms with van der Waals surface area (Å²) < 4.78 is 43.3. The third-order valence-corrected chi connectivity index (χ3v) is 4.44. The maximum absolute atomic E-state index is 12.5. The second-order valence-electron chi connectivity index (χ2n) is 6.23. The maximum Gasteiger partial charge on any atom is 0.416 e. The molecule has 0 aliphatic carbocycles. The van der Waals surface area contributed by atoms with Crippen LogP contribution in [-0.4, -0.2) is 18.5 Å². The molecule has 0 radical (unpaired) electrons. The van der Waals surface area contributed by atoms with E-state index in [1.54, 1.807) is 12.1 Å². The van der Waals surface area contributed by atoms with E-state index in [1.165, 1.54) is 12.1 Å². The van der Waals surface area contributed by atoms with Gasteiger partial charge in [-0.25, -0.2) is 0 Å². The van der Waals surface area contributed by atoms with Crippen LogP contribution >= 0.6 is 0 Å². The fraction of sp³-hybridized carbons (Fsp3) is 0.316. The van der Waals surface area contributed by atoms with Crippen molar-refractivity contribution in [1.82, 2.24) is 0 Å². The lowest BCUT2D eigenvalue weighted by molar-refractivity contribution is -0.137. The minimum absolute atomic E-state index is 0.172. The highest BCUT2D eigenvalue weighted by Gasteiger charge is 2.30. The van der Waals surface area contributed by atoms with Crippen LogP contribution in [0, 0.1) is 0 Å². The molecule has 2 N–H and O–H groups in total. The number of hydrogen-bond acceptors (Lipinski definition) is 3. The van der Waals surface area contributed by atoms with Gasteiger partial charge in [0.05, 0.1) is 5.56 Å². The minimum atomic E-state index is -4.34. The normalized spacial score (nSPS) is 17.3. The number of carbonyl (C=O) groups is 1. The minimum Gasteiger partial charge on any atom is -0.489 e. The van der Waals surface area contributed by atoms with Crippen LogP contribution in [0.1, 0.15) is 24.0 Å². The zero-order chi connectivity index (χ0) is 18.7. The van der Waals surface area contributed by atoms with E-state index in [0.29, 0.717) is 11.3 Å². The third-order valence-electron chi connectivity index (χ3n) is 4.44. The Hall–Kier alpha value is -2.70. The first kappa shape index (κ1) is 18.1. The Bertz CT molecular complexity index is 758. The Balaban J connectivity index is 1.60. The number of rotatable bonds is 5. The molecule has 0 saturated carbocycles. The molecule has 0 unspecified atom stereocenters. The summed E-state index contributed by atoms with van der Waals surface area (Å²) in [6.45, 7) is 0.949. The predicted octanol–water partition coefficient (Wildman–Crippen LogP) is 3.74. The van der Waals surface area contributed by atoms with Crippen molar-refractivity contribution in [2.75, 3.05) is 11.4 Å². The van der Waals surface area contributed by atoms with Crippen molar-refractivity contribution in [3.63, 3.8) is 0 Å². The van der Waals surface area contributed by atoms with Crippen molar-refractivity contribution in [3.05, 3.63) is 59.7 Å². The molecule has 1 aliphatic heterocycles. The van der Waals surface area contributed by atoms with Gasteiger partial charge < -0.3 is 15.4 Å². The molecule has 7 heteroatoms. The number of primary amides is 1. The van der Waals surface area contributed by atoms with E-state index < -0.39 is 11.7 Å². The first-order valence-corrected chi connectivity index (χ1v) is 8.29. The maximum atomic E-state index is 12.5. The van der Waals surface area contributed by atoms with Gasteiger partial charge >= 0.3 is 6.18 Å². The average Bonchev–Trinajstić information content (AvgIpc) is 3.10. The van der Waals surface area contributed by atoms with Crippen LogP contribution in [-0.2, 0) is 17.6 Å². The number of carbonyl (C=O) groups excluding carboxylic acids is 1. The lowest BCUT2D eigenvalue weighted by Crippen LogP contribution is -2.40. The van der Waals surface area contributed by atoms with Crippen LogP contribution in [0.4, 0.5) is 18.9 Å². The Labute approximate surface area is 149 Å². The van der Waals surface area contributed by atoms with Crippen LogP contribution in [0.5, 0.6) is 5.75 Å². The highest BCUT2D eigenvalue weighted by Crippen LogP contribution is 2.30. The summed E-state index contributed by atoms with van der Waals surface area (Å²) in [5.41, 5.74) is 6.29. The van der Waals surface area contributed by atoms with Crippen molar-refractivity contribution in [2.45, 2.75) is 31.7 Å². The van der Waals surface area contributed by atoms with Gasteiger partial charge in [-0.15, -0.1) is 0 Å². The lowest BCUT2D eigenvalue weighted by atomic mass is 10.1. The largest absolute Gasteiger partial charge is 0.489 e. The molecule has 1 amide bonds. The molecule has 1 aliphatic rings. The average molecular weight is 364 g/mol. The number of amides is 1. The fourth-order valence-electron chi connectivity index (χ4n) is 3.06. The van der Waals surface area contributed by atoms with Crippen LogP contribution in [0.15, 0.2) is 48.5 Å². The Kier molecular flexibility index (Phi) is 5.06. The second kappa shape index (κ2) is 7.27. The molecule has 138 valence electrons. The molecule has 0 spiro atoms. The summed E-state index contributed by atoms with van der Waals surface area (Å²) in [5.74, 6) is 0.272. The number of nitrogens with two attached hydrogens (primary N) is 1. The van der Waals surface area contributed by atoms with E-state index in [1.807, 2.05) is 17.0 Å². The molecule has 26 heavy (non-hydrogen) atoms. The topological polar surface area (TPSA) is 55.6 Å². The Morgan fingerprint density at radius 3 is 2.35 bits per heavy atom. The van der Waals surface area contributed by atoms with E-state index in [9.17, 15) is 18.0 Å². The summed E-state index contributed by atoms with van der Waals surface area (Å²) in [4.78, 5) is 13.5. The molecule has 1 heterocycles. The highest BCUT2D eigenvalue weighted by atomic mass is 19.4. The molecule has 2 aromatic rings. The first-order valence-electron chi connectivity index (χ1n) is 8.29. The zero-order valence-electron chi connectivity index (χ0n) is 14.0. The number of benzene rings is 2. The van der Waals surface area contributed by atoms with Gasteiger partial charge in [0.1, 0.15) is 18.4 Å². The summed E-state index contributed by atoms with van der Waals surface area (Å²) in [7, 11) is 0. The lowest BCUT2D eigenvalue weighted by Gasteiger charge is -2.24. The van der Waals surface area contributed by atoms with Gasteiger partial charge in [0.2, 0.25) is 5.91 Å². The molecular weight excluding hydrogens is 345 g/mol. The molecule has 1 fully saturated rings. The van der Waals surface area contributed by atoms with Gasteiger partial charge in [-0.1, -0.05) is 12.1 Å². The standard InChI is InChI=1S/C19H19F3N2O2/c20-19(21,22)14-5-3-13(4-6-14)12-26-16-9-7-15(8-10-16)24-11-1-2-17(24)18(23)25/h3-10,17H,1-2,11-12H2,(H2,23,25)/t17-/m1/s1. The number of hydrogen-bond donors (Lipinski definition) is 1. The van der Waals surface area contributed by atoms with Gasteiger partial charge in [0, 0.05) is 12.2 Å². The van der Waals surface area contributed by atoms with E-state index in [0.717, 1.165) is 37.2 Å². The van der Waals surface area contributed by atoms with E-state index in [-0.39, 0.29) is 18.6 Å². The van der Waals surface area contributed by atoms with Gasteiger partial charge in [0.15, 0.2) is 0 Å². The zero-order valence-corrected chi connectivity index (χ0v) is 14.0.